The number of carbonyl (C=O) groups excluding carboxylic acids is 4. The van der Waals surface area contributed by atoms with Gasteiger partial charge in [0, 0.05) is 13.1 Å². The molecule has 3 heterocycles. The van der Waals surface area contributed by atoms with Crippen molar-refractivity contribution in [1.29, 1.82) is 0 Å². The third-order valence-electron chi connectivity index (χ3n) is 4.61. The molecule has 2 N–H and O–H groups in total. The highest BCUT2D eigenvalue weighted by Crippen LogP contribution is 2.22. The molecule has 1 atom stereocenters. The van der Waals surface area contributed by atoms with Crippen molar-refractivity contribution in [3.8, 4) is 0 Å². The summed E-state index contributed by atoms with van der Waals surface area (Å²) in [6.07, 6.45) is 0. The van der Waals surface area contributed by atoms with Gasteiger partial charge in [-0.1, -0.05) is 18.2 Å². The molecule has 9 heteroatoms. The molecular formula is C18H16N4O4S. The van der Waals surface area contributed by atoms with E-state index in [0.717, 1.165) is 0 Å². The Kier molecular flexibility index (Phi) is 4.36. The molecule has 0 aliphatic carbocycles. The third-order valence-corrected chi connectivity index (χ3v) is 5.48. The van der Waals surface area contributed by atoms with E-state index >= 15 is 0 Å². The standard InChI is InChI=1S/C18H16N4O4S/c23-15-13-10-21(7-8-22(13)18(26)20-15)17(25)11-4-1-2-5-12(11)19-16(24)14-6-3-9-27-14/h1-6,9,13H,7-8,10H2,(H,19,24)(H,20,23,26). The molecule has 0 radical (unpaired) electrons. The lowest BCUT2D eigenvalue weighted by molar-refractivity contribution is -0.122. The second-order valence-electron chi connectivity index (χ2n) is 6.23. The number of amides is 5. The van der Waals surface area contributed by atoms with Gasteiger partial charge >= 0.3 is 6.03 Å². The molecule has 0 bridgehead atoms. The van der Waals surface area contributed by atoms with Gasteiger partial charge in [0.15, 0.2) is 0 Å². The number of urea groups is 1. The van der Waals surface area contributed by atoms with Crippen molar-refractivity contribution in [3.63, 3.8) is 0 Å². The Balaban J connectivity index is 1.53. The van der Waals surface area contributed by atoms with E-state index in [4.69, 9.17) is 0 Å². The highest BCUT2D eigenvalue weighted by atomic mass is 32.1. The Hall–Kier alpha value is -3.20. The fraction of sp³-hybridized carbons (Fsp3) is 0.222. The van der Waals surface area contributed by atoms with Crippen LogP contribution in [0.5, 0.6) is 0 Å². The Bertz CT molecular complexity index is 927. The highest BCUT2D eigenvalue weighted by Gasteiger charge is 2.43. The summed E-state index contributed by atoms with van der Waals surface area (Å²) in [4.78, 5) is 52.5. The molecule has 4 rings (SSSR count). The minimum absolute atomic E-state index is 0.129. The quantitative estimate of drug-likeness (QED) is 0.781. The van der Waals surface area contributed by atoms with E-state index in [9.17, 15) is 19.2 Å². The number of thiophene rings is 1. The van der Waals surface area contributed by atoms with E-state index in [1.54, 1.807) is 41.8 Å². The molecule has 138 valence electrons. The molecule has 2 aliphatic rings. The third kappa shape index (κ3) is 3.17. The topological polar surface area (TPSA) is 98.8 Å². The molecule has 1 unspecified atom stereocenters. The van der Waals surface area contributed by atoms with Crippen LogP contribution in [0.1, 0.15) is 20.0 Å². The molecule has 27 heavy (non-hydrogen) atoms. The molecular weight excluding hydrogens is 368 g/mol. The minimum atomic E-state index is -0.664. The van der Waals surface area contributed by atoms with Gasteiger partial charge in [0.1, 0.15) is 6.04 Å². The summed E-state index contributed by atoms with van der Waals surface area (Å²) < 4.78 is 0. The Labute approximate surface area is 158 Å². The van der Waals surface area contributed by atoms with Gasteiger partial charge in [0.2, 0.25) is 0 Å². The molecule has 5 amide bonds. The number of nitrogens with one attached hydrogen (secondary N) is 2. The van der Waals surface area contributed by atoms with Crippen molar-refractivity contribution in [2.45, 2.75) is 6.04 Å². The minimum Gasteiger partial charge on any atom is -0.334 e. The zero-order valence-electron chi connectivity index (χ0n) is 14.2. The summed E-state index contributed by atoms with van der Waals surface area (Å²) in [5.74, 6) is -0.962. The van der Waals surface area contributed by atoms with E-state index in [1.807, 2.05) is 0 Å². The van der Waals surface area contributed by atoms with Crippen molar-refractivity contribution in [2.24, 2.45) is 0 Å². The maximum absolute atomic E-state index is 13.0. The molecule has 0 spiro atoms. The number of imide groups is 1. The van der Waals surface area contributed by atoms with Crippen LogP contribution < -0.4 is 10.6 Å². The van der Waals surface area contributed by atoms with Crippen molar-refractivity contribution >= 4 is 40.8 Å². The zero-order valence-corrected chi connectivity index (χ0v) is 15.0. The molecule has 2 aromatic rings. The summed E-state index contributed by atoms with van der Waals surface area (Å²) >= 11 is 1.31. The number of para-hydroxylation sites is 1. The average Bonchev–Trinajstić information content (AvgIpc) is 3.30. The average molecular weight is 384 g/mol. The lowest BCUT2D eigenvalue weighted by Crippen LogP contribution is -2.54. The van der Waals surface area contributed by atoms with E-state index < -0.39 is 18.0 Å². The van der Waals surface area contributed by atoms with Crippen LogP contribution in [0.2, 0.25) is 0 Å². The SMILES string of the molecule is O=C(Nc1ccccc1C(=O)N1CCN2C(=O)NC(=O)C2C1)c1cccs1. The van der Waals surface area contributed by atoms with Crippen molar-refractivity contribution in [3.05, 3.63) is 52.2 Å². The Morgan fingerprint density at radius 2 is 1.93 bits per heavy atom. The fourth-order valence-electron chi connectivity index (χ4n) is 3.24. The van der Waals surface area contributed by atoms with Crippen LogP contribution in [0, 0.1) is 0 Å². The first-order valence-electron chi connectivity index (χ1n) is 8.39. The van der Waals surface area contributed by atoms with Crippen LogP contribution in [0.4, 0.5) is 10.5 Å². The number of fused-ring (bicyclic) bond motifs is 1. The monoisotopic (exact) mass is 384 g/mol. The van der Waals surface area contributed by atoms with E-state index in [-0.39, 0.29) is 24.9 Å². The molecule has 2 fully saturated rings. The van der Waals surface area contributed by atoms with Crippen molar-refractivity contribution in [2.75, 3.05) is 25.0 Å². The number of piperazine rings is 1. The van der Waals surface area contributed by atoms with Crippen LogP contribution in [0.15, 0.2) is 41.8 Å². The van der Waals surface area contributed by atoms with Gasteiger partial charge in [0.25, 0.3) is 17.7 Å². The van der Waals surface area contributed by atoms with Crippen LogP contribution in [0.3, 0.4) is 0 Å². The smallest absolute Gasteiger partial charge is 0.324 e. The van der Waals surface area contributed by atoms with Crippen LogP contribution >= 0.6 is 11.3 Å². The summed E-state index contributed by atoms with van der Waals surface area (Å²) in [6, 6.07) is 9.17. The van der Waals surface area contributed by atoms with Gasteiger partial charge < -0.3 is 15.1 Å². The number of rotatable bonds is 3. The first-order valence-corrected chi connectivity index (χ1v) is 9.27. The van der Waals surface area contributed by atoms with E-state index in [0.29, 0.717) is 22.7 Å². The first-order chi connectivity index (χ1) is 13.0. The number of anilines is 1. The molecule has 0 saturated carbocycles. The van der Waals surface area contributed by atoms with Crippen LogP contribution in [0.25, 0.3) is 0 Å². The number of carbonyl (C=O) groups is 4. The van der Waals surface area contributed by atoms with Gasteiger partial charge in [0.05, 0.1) is 22.7 Å². The maximum atomic E-state index is 13.0. The number of nitrogens with zero attached hydrogens (tertiary/aromatic N) is 2. The van der Waals surface area contributed by atoms with Crippen molar-refractivity contribution < 1.29 is 19.2 Å². The Morgan fingerprint density at radius 3 is 2.70 bits per heavy atom. The fourth-order valence-corrected chi connectivity index (χ4v) is 3.85. The van der Waals surface area contributed by atoms with Gasteiger partial charge in [-0.05, 0) is 23.6 Å². The second kappa shape index (κ2) is 6.84. The predicted octanol–water partition coefficient (Wildman–Crippen LogP) is 1.38. The van der Waals surface area contributed by atoms with E-state index in [2.05, 4.69) is 10.6 Å². The molecule has 8 nitrogen and oxygen atoms in total. The summed E-state index contributed by atoms with van der Waals surface area (Å²) in [5.41, 5.74) is 0.760. The van der Waals surface area contributed by atoms with E-state index in [1.165, 1.54) is 21.1 Å². The number of hydrogen-bond acceptors (Lipinski definition) is 5. The zero-order chi connectivity index (χ0) is 19.0. The van der Waals surface area contributed by atoms with Crippen LogP contribution in [-0.2, 0) is 4.79 Å². The second-order valence-corrected chi connectivity index (χ2v) is 7.18. The molecule has 1 aromatic carbocycles. The largest absolute Gasteiger partial charge is 0.334 e. The predicted molar refractivity (Wildman–Crippen MR) is 98.7 cm³/mol. The summed E-state index contributed by atoms with van der Waals surface area (Å²) in [7, 11) is 0. The highest BCUT2D eigenvalue weighted by molar-refractivity contribution is 7.12. The summed E-state index contributed by atoms with van der Waals surface area (Å²) in [6.45, 7) is 0.741. The lowest BCUT2D eigenvalue weighted by atomic mass is 10.1. The molecule has 2 aliphatic heterocycles. The number of benzene rings is 1. The summed E-state index contributed by atoms with van der Waals surface area (Å²) in [5, 5.41) is 6.85. The normalized spacial score (nSPS) is 18.9. The van der Waals surface area contributed by atoms with Gasteiger partial charge in [-0.15, -0.1) is 11.3 Å². The number of hydrogen-bond donors (Lipinski definition) is 2. The molecule has 2 saturated heterocycles. The van der Waals surface area contributed by atoms with Crippen LogP contribution in [-0.4, -0.2) is 59.2 Å². The first kappa shape index (κ1) is 17.2. The Morgan fingerprint density at radius 1 is 1.11 bits per heavy atom. The van der Waals surface area contributed by atoms with Gasteiger partial charge in [-0.2, -0.15) is 0 Å². The maximum Gasteiger partial charge on any atom is 0.324 e. The van der Waals surface area contributed by atoms with Gasteiger partial charge in [-0.3, -0.25) is 19.7 Å². The lowest BCUT2D eigenvalue weighted by Gasteiger charge is -2.35. The van der Waals surface area contributed by atoms with Crippen molar-refractivity contribution in [1.82, 2.24) is 15.1 Å². The van der Waals surface area contributed by atoms with Gasteiger partial charge in [-0.25, -0.2) is 4.79 Å². The molecule has 1 aromatic heterocycles.